The normalized spacial score (nSPS) is 17.9. The molecule has 0 saturated carbocycles. The van der Waals surface area contributed by atoms with Gasteiger partial charge in [-0.3, -0.25) is 0 Å². The third-order valence-electron chi connectivity index (χ3n) is 7.98. The average molecular weight is 602 g/mol. The first-order chi connectivity index (χ1) is 20.1. The molecule has 2 N–H and O–H groups in total. The van der Waals surface area contributed by atoms with Gasteiger partial charge in [-0.15, -0.1) is 0 Å². The third-order valence-corrected chi connectivity index (χ3v) is 8.21. The van der Waals surface area contributed by atoms with Crippen LogP contribution in [0.1, 0.15) is 55.2 Å². The van der Waals surface area contributed by atoms with Gasteiger partial charge in [0.25, 0.3) is 0 Å². The summed E-state index contributed by atoms with van der Waals surface area (Å²) in [4.78, 5) is 20.7. The van der Waals surface area contributed by atoms with E-state index in [-0.39, 0.29) is 29.3 Å². The fraction of sp³-hybridized carbons (Fsp3) is 0.375. The Morgan fingerprint density at radius 1 is 0.952 bits per heavy atom. The first-order valence-corrected chi connectivity index (χ1v) is 14.2. The molecule has 2 aliphatic rings. The van der Waals surface area contributed by atoms with Crippen LogP contribution in [-0.4, -0.2) is 58.4 Å². The van der Waals surface area contributed by atoms with Crippen LogP contribution in [0.5, 0.6) is 5.75 Å². The first kappa shape index (κ1) is 31.4. The molecule has 2 aliphatic heterocycles. The van der Waals surface area contributed by atoms with Crippen molar-refractivity contribution in [1.29, 1.82) is 0 Å². The number of fused-ring (bicyclic) bond motifs is 1. The third kappa shape index (κ3) is 8.06. The van der Waals surface area contributed by atoms with E-state index in [9.17, 15) is 8.78 Å². The van der Waals surface area contributed by atoms with Crippen LogP contribution in [0.15, 0.2) is 66.7 Å². The van der Waals surface area contributed by atoms with Crippen molar-refractivity contribution in [1.82, 2.24) is 4.90 Å². The number of halogens is 3. The Morgan fingerprint density at radius 2 is 1.50 bits per heavy atom. The number of carboxylic acid groups (broad SMARTS) is 2. The lowest BCUT2D eigenvalue weighted by Gasteiger charge is -2.43. The summed E-state index contributed by atoms with van der Waals surface area (Å²) in [5, 5.41) is 15.5. The van der Waals surface area contributed by atoms with E-state index >= 15 is 0 Å². The maximum atomic E-state index is 13.5. The minimum absolute atomic E-state index is 0.0385. The van der Waals surface area contributed by atoms with Gasteiger partial charge in [0, 0.05) is 29.6 Å². The van der Waals surface area contributed by atoms with Crippen molar-refractivity contribution in [3.63, 3.8) is 0 Å². The van der Waals surface area contributed by atoms with E-state index < -0.39 is 11.9 Å². The van der Waals surface area contributed by atoms with Crippen LogP contribution in [0.2, 0.25) is 5.02 Å². The molecule has 10 heteroatoms. The number of benzene rings is 3. The SMILES string of the molecule is CC1Oc2ccc(Cl)cc2COC12CCN(CCCC(c1ccc(F)cc1)c1ccc(F)cc1)CC2.O=C(O)C(=O)O. The molecular weight excluding hydrogens is 568 g/mol. The summed E-state index contributed by atoms with van der Waals surface area (Å²) < 4.78 is 39.8. The number of hydrogen-bond acceptors (Lipinski definition) is 5. The Bertz CT molecular complexity index is 1300. The summed E-state index contributed by atoms with van der Waals surface area (Å²) in [5.74, 6) is -3.18. The lowest BCUT2D eigenvalue weighted by molar-refractivity contribution is -0.159. The second-order valence-corrected chi connectivity index (χ2v) is 11.1. The van der Waals surface area contributed by atoms with Crippen molar-refractivity contribution in [3.05, 3.63) is 100 Å². The fourth-order valence-electron chi connectivity index (χ4n) is 5.55. The Hall–Kier alpha value is -3.53. The summed E-state index contributed by atoms with van der Waals surface area (Å²) in [6, 6.07) is 19.1. The predicted molar refractivity (Wildman–Crippen MR) is 154 cm³/mol. The highest BCUT2D eigenvalue weighted by atomic mass is 35.5. The Kier molecular flexibility index (Phi) is 10.5. The van der Waals surface area contributed by atoms with Gasteiger partial charge in [-0.25, -0.2) is 18.4 Å². The molecule has 0 bridgehead atoms. The lowest BCUT2D eigenvalue weighted by atomic mass is 9.85. The number of likely N-dealkylation sites (tertiary alicyclic amines) is 1. The zero-order chi connectivity index (χ0) is 30.3. The monoisotopic (exact) mass is 601 g/mol. The molecule has 42 heavy (non-hydrogen) atoms. The summed E-state index contributed by atoms with van der Waals surface area (Å²) in [7, 11) is 0. The molecule has 2 heterocycles. The molecule has 5 rings (SSSR count). The molecular formula is C32H34ClF2NO6. The van der Waals surface area contributed by atoms with E-state index in [0.29, 0.717) is 11.6 Å². The first-order valence-electron chi connectivity index (χ1n) is 13.8. The summed E-state index contributed by atoms with van der Waals surface area (Å²) >= 11 is 6.17. The summed E-state index contributed by atoms with van der Waals surface area (Å²) in [6.45, 7) is 5.48. The topological polar surface area (TPSA) is 96.3 Å². The molecule has 3 aromatic rings. The van der Waals surface area contributed by atoms with Crippen molar-refractivity contribution in [3.8, 4) is 5.75 Å². The Balaban J connectivity index is 0.000000612. The van der Waals surface area contributed by atoms with E-state index in [2.05, 4.69) is 11.8 Å². The van der Waals surface area contributed by atoms with Gasteiger partial charge in [0.1, 0.15) is 29.1 Å². The van der Waals surface area contributed by atoms with Crippen LogP contribution in [0, 0.1) is 11.6 Å². The van der Waals surface area contributed by atoms with Crippen LogP contribution < -0.4 is 4.74 Å². The standard InChI is InChI=1S/C30H32ClF2NO2.C2H2O4/c1-21-30(35-20-24-19-25(31)8-13-29(24)36-21)14-17-34(18-15-30)16-2-3-28(22-4-9-26(32)10-5-22)23-6-11-27(33)12-7-23;3-1(4)2(5)6/h4-13,19,21,28H,2-3,14-18,20H2,1H3;(H,3,4)(H,5,6). The fourth-order valence-corrected chi connectivity index (χ4v) is 5.75. The van der Waals surface area contributed by atoms with E-state index in [1.807, 2.05) is 42.5 Å². The van der Waals surface area contributed by atoms with Gasteiger partial charge in [0.05, 0.1) is 6.61 Å². The van der Waals surface area contributed by atoms with Gasteiger partial charge in [-0.1, -0.05) is 35.9 Å². The highest BCUT2D eigenvalue weighted by Crippen LogP contribution is 2.39. The Morgan fingerprint density at radius 3 is 2.02 bits per heavy atom. The smallest absolute Gasteiger partial charge is 0.414 e. The quantitative estimate of drug-likeness (QED) is 0.311. The van der Waals surface area contributed by atoms with E-state index in [0.717, 1.165) is 67.8 Å². The summed E-state index contributed by atoms with van der Waals surface area (Å²) in [6.07, 6.45) is 3.68. The largest absolute Gasteiger partial charge is 0.487 e. The molecule has 1 unspecified atom stereocenters. The Labute approximate surface area is 248 Å². The van der Waals surface area contributed by atoms with Gasteiger partial charge in [-0.05, 0) is 92.7 Å². The molecule has 0 radical (unpaired) electrons. The zero-order valence-corrected chi connectivity index (χ0v) is 24.0. The molecule has 224 valence electrons. The molecule has 0 aliphatic carbocycles. The minimum Gasteiger partial charge on any atom is -0.487 e. The number of nitrogens with zero attached hydrogens (tertiary/aromatic N) is 1. The average Bonchev–Trinajstić information content (AvgIpc) is 3.10. The number of hydrogen-bond donors (Lipinski definition) is 2. The van der Waals surface area contributed by atoms with E-state index in [4.69, 9.17) is 40.9 Å². The van der Waals surface area contributed by atoms with Gasteiger partial charge in [-0.2, -0.15) is 0 Å². The van der Waals surface area contributed by atoms with Crippen molar-refractivity contribution < 1.29 is 38.1 Å². The number of aliphatic carboxylic acids is 2. The van der Waals surface area contributed by atoms with Crippen LogP contribution in [0.4, 0.5) is 8.78 Å². The lowest BCUT2D eigenvalue weighted by Crippen LogP contribution is -2.53. The molecule has 1 saturated heterocycles. The zero-order valence-electron chi connectivity index (χ0n) is 23.3. The van der Waals surface area contributed by atoms with Crippen LogP contribution >= 0.6 is 11.6 Å². The number of carbonyl (C=O) groups is 2. The molecule has 3 aromatic carbocycles. The minimum atomic E-state index is -1.82. The van der Waals surface area contributed by atoms with Crippen LogP contribution in [-0.2, 0) is 20.9 Å². The highest BCUT2D eigenvalue weighted by molar-refractivity contribution is 6.30. The van der Waals surface area contributed by atoms with Gasteiger partial charge >= 0.3 is 11.9 Å². The summed E-state index contributed by atoms with van der Waals surface area (Å²) in [5.41, 5.74) is 2.81. The predicted octanol–water partition coefficient (Wildman–Crippen LogP) is 6.52. The molecule has 0 aromatic heterocycles. The molecule has 1 fully saturated rings. The van der Waals surface area contributed by atoms with Crippen molar-refractivity contribution in [2.75, 3.05) is 19.6 Å². The van der Waals surface area contributed by atoms with Gasteiger partial charge < -0.3 is 24.6 Å². The second kappa shape index (κ2) is 14.1. The molecule has 0 amide bonds. The number of ether oxygens (including phenoxy) is 2. The maximum absolute atomic E-state index is 13.5. The van der Waals surface area contributed by atoms with Crippen molar-refractivity contribution in [2.45, 2.75) is 56.8 Å². The van der Waals surface area contributed by atoms with E-state index in [1.165, 1.54) is 24.3 Å². The molecule has 1 spiro atoms. The molecule has 7 nitrogen and oxygen atoms in total. The maximum Gasteiger partial charge on any atom is 0.414 e. The second-order valence-electron chi connectivity index (χ2n) is 10.6. The number of carboxylic acids is 2. The van der Waals surface area contributed by atoms with Crippen molar-refractivity contribution >= 4 is 23.5 Å². The van der Waals surface area contributed by atoms with Gasteiger partial charge in [0.2, 0.25) is 0 Å². The number of piperidine rings is 1. The molecule has 1 atom stereocenters. The van der Waals surface area contributed by atoms with Crippen molar-refractivity contribution in [2.24, 2.45) is 0 Å². The van der Waals surface area contributed by atoms with Crippen LogP contribution in [0.25, 0.3) is 0 Å². The van der Waals surface area contributed by atoms with Crippen LogP contribution in [0.3, 0.4) is 0 Å². The number of rotatable bonds is 6. The highest BCUT2D eigenvalue weighted by Gasteiger charge is 2.43. The van der Waals surface area contributed by atoms with Gasteiger partial charge in [0.15, 0.2) is 0 Å². The van der Waals surface area contributed by atoms with E-state index in [1.54, 1.807) is 0 Å².